The van der Waals surface area contributed by atoms with Crippen LogP contribution >= 0.6 is 27.7 Å². The Labute approximate surface area is 138 Å². The molecule has 1 saturated carbocycles. The second-order valence-corrected chi connectivity index (χ2v) is 8.94. The van der Waals surface area contributed by atoms with Crippen molar-refractivity contribution >= 4 is 33.4 Å². The molecule has 1 unspecified atom stereocenters. The molecule has 1 saturated heterocycles. The van der Waals surface area contributed by atoms with Crippen molar-refractivity contribution in [3.63, 3.8) is 0 Å². The van der Waals surface area contributed by atoms with Gasteiger partial charge in [-0.15, -0.1) is 0 Å². The lowest BCUT2D eigenvalue weighted by molar-refractivity contribution is 0.262. The molecule has 2 heterocycles. The van der Waals surface area contributed by atoms with Gasteiger partial charge >= 0.3 is 0 Å². The zero-order valence-corrected chi connectivity index (χ0v) is 14.8. The molecule has 1 atom stereocenters. The molecule has 1 N–H and O–H groups in total. The fourth-order valence-corrected chi connectivity index (χ4v) is 4.58. The van der Waals surface area contributed by atoms with E-state index in [1.807, 2.05) is 11.8 Å². The first-order valence-corrected chi connectivity index (χ1v) is 9.49. The number of thioether (sulfide) groups is 1. The lowest BCUT2D eigenvalue weighted by Crippen LogP contribution is -2.34. The van der Waals surface area contributed by atoms with Crippen LogP contribution in [0.25, 0.3) is 0 Å². The van der Waals surface area contributed by atoms with Crippen molar-refractivity contribution in [3.8, 4) is 0 Å². The van der Waals surface area contributed by atoms with Gasteiger partial charge in [-0.2, -0.15) is 16.9 Å². The molecule has 0 radical (unpaired) electrons. The van der Waals surface area contributed by atoms with Gasteiger partial charge in [-0.3, -0.25) is 4.79 Å². The van der Waals surface area contributed by atoms with Crippen molar-refractivity contribution in [2.45, 2.75) is 50.3 Å². The predicted octanol–water partition coefficient (Wildman–Crippen LogP) is 3.50. The van der Waals surface area contributed by atoms with E-state index < -0.39 is 0 Å². The minimum absolute atomic E-state index is 0.00266. The highest BCUT2D eigenvalue weighted by Gasteiger charge is 2.29. The fourth-order valence-electron chi connectivity index (χ4n) is 2.93. The Morgan fingerprint density at radius 1 is 1.52 bits per heavy atom. The third-order valence-electron chi connectivity index (χ3n) is 4.59. The first kappa shape index (κ1) is 15.4. The zero-order valence-electron chi connectivity index (χ0n) is 12.4. The average molecular weight is 372 g/mol. The molecule has 0 bridgehead atoms. The first-order chi connectivity index (χ1) is 10.1. The predicted molar refractivity (Wildman–Crippen MR) is 92.1 cm³/mol. The van der Waals surface area contributed by atoms with Gasteiger partial charge < -0.3 is 5.32 Å². The number of nitrogens with one attached hydrogen (secondary N) is 1. The second kappa shape index (κ2) is 6.32. The molecule has 2 fully saturated rings. The van der Waals surface area contributed by atoms with Gasteiger partial charge in [-0.05, 0) is 60.2 Å². The smallest absolute Gasteiger partial charge is 0.291 e. The van der Waals surface area contributed by atoms with Crippen LogP contribution in [0.3, 0.4) is 0 Å². The summed E-state index contributed by atoms with van der Waals surface area (Å²) < 4.78 is 2.64. The van der Waals surface area contributed by atoms with Crippen LogP contribution in [0.4, 0.5) is 5.69 Å². The maximum atomic E-state index is 12.6. The van der Waals surface area contributed by atoms with Gasteiger partial charge in [0.1, 0.15) is 5.69 Å². The van der Waals surface area contributed by atoms with Gasteiger partial charge in [0.25, 0.3) is 5.56 Å². The summed E-state index contributed by atoms with van der Waals surface area (Å²) in [6.07, 6.45) is 7.96. The molecule has 1 aromatic heterocycles. The quantitative estimate of drug-likeness (QED) is 0.860. The van der Waals surface area contributed by atoms with E-state index >= 15 is 0 Å². The molecule has 1 aliphatic heterocycles. The minimum atomic E-state index is 0.00266. The molecule has 0 spiro atoms. The molecular formula is C15H22BrN3OS. The van der Waals surface area contributed by atoms with Crippen LogP contribution in [0.1, 0.15) is 39.0 Å². The molecule has 6 heteroatoms. The van der Waals surface area contributed by atoms with Crippen molar-refractivity contribution in [1.29, 1.82) is 0 Å². The van der Waals surface area contributed by atoms with Gasteiger partial charge in [-0.25, -0.2) is 4.68 Å². The Morgan fingerprint density at radius 2 is 2.33 bits per heavy atom. The monoisotopic (exact) mass is 371 g/mol. The Bertz CT molecular complexity index is 565. The zero-order chi connectivity index (χ0) is 14.9. The number of halogens is 1. The van der Waals surface area contributed by atoms with E-state index in [1.54, 1.807) is 10.9 Å². The van der Waals surface area contributed by atoms with Crippen molar-refractivity contribution < 1.29 is 0 Å². The van der Waals surface area contributed by atoms with E-state index in [1.165, 1.54) is 37.9 Å². The highest BCUT2D eigenvalue weighted by molar-refractivity contribution is 9.10. The Kier molecular flexibility index (Phi) is 4.64. The third kappa shape index (κ3) is 3.47. The summed E-state index contributed by atoms with van der Waals surface area (Å²) in [4.78, 5) is 12.6. The fraction of sp³-hybridized carbons (Fsp3) is 0.733. The van der Waals surface area contributed by atoms with E-state index in [2.05, 4.69) is 33.3 Å². The standard InChI is InChI=1S/C15H22BrN3OS/c1-15(6-3-7-21-15)10-17-13-12(16)8-18-19(14(13)20)9-11-4-2-5-11/h8,11,17H,2-7,9-10H2,1H3. The normalized spacial score (nSPS) is 25.8. The van der Waals surface area contributed by atoms with E-state index in [0.717, 1.165) is 17.6 Å². The SMILES string of the molecule is CC1(CNc2c(Br)cnn(CC3CCC3)c2=O)CCCS1. The summed E-state index contributed by atoms with van der Waals surface area (Å²) in [7, 11) is 0. The molecule has 1 aromatic rings. The number of aromatic nitrogens is 2. The van der Waals surface area contributed by atoms with Crippen LogP contribution in [0.5, 0.6) is 0 Å². The molecule has 0 amide bonds. The Morgan fingerprint density at radius 3 is 2.95 bits per heavy atom. The maximum absolute atomic E-state index is 12.6. The van der Waals surface area contributed by atoms with Crippen LogP contribution < -0.4 is 10.9 Å². The van der Waals surface area contributed by atoms with Crippen molar-refractivity contribution in [2.75, 3.05) is 17.6 Å². The van der Waals surface area contributed by atoms with Crippen LogP contribution in [-0.2, 0) is 6.54 Å². The molecule has 2 aliphatic rings. The van der Waals surface area contributed by atoms with Crippen LogP contribution in [0.2, 0.25) is 0 Å². The molecule has 1 aliphatic carbocycles. The van der Waals surface area contributed by atoms with Crippen molar-refractivity contribution in [3.05, 3.63) is 21.0 Å². The summed E-state index contributed by atoms with van der Waals surface area (Å²) in [6.45, 7) is 3.87. The third-order valence-corrected chi connectivity index (χ3v) is 6.73. The van der Waals surface area contributed by atoms with E-state index in [4.69, 9.17) is 0 Å². The number of hydrogen-bond donors (Lipinski definition) is 1. The number of nitrogens with zero attached hydrogens (tertiary/aromatic N) is 2. The molecule has 3 rings (SSSR count). The molecule has 4 nitrogen and oxygen atoms in total. The van der Waals surface area contributed by atoms with Gasteiger partial charge in [0.05, 0.1) is 10.7 Å². The summed E-state index contributed by atoms with van der Waals surface area (Å²) in [5, 5.41) is 7.64. The van der Waals surface area contributed by atoms with Crippen molar-refractivity contribution in [1.82, 2.24) is 9.78 Å². The lowest BCUT2D eigenvalue weighted by atomic mass is 9.85. The van der Waals surface area contributed by atoms with Crippen LogP contribution in [0.15, 0.2) is 15.5 Å². The van der Waals surface area contributed by atoms with Gasteiger partial charge in [0, 0.05) is 17.8 Å². The molecular weight excluding hydrogens is 350 g/mol. The highest BCUT2D eigenvalue weighted by atomic mass is 79.9. The first-order valence-electron chi connectivity index (χ1n) is 7.71. The summed E-state index contributed by atoms with van der Waals surface area (Å²) >= 11 is 5.46. The topological polar surface area (TPSA) is 46.9 Å². The minimum Gasteiger partial charge on any atom is -0.378 e. The van der Waals surface area contributed by atoms with Crippen LogP contribution in [0, 0.1) is 5.92 Å². The Balaban J connectivity index is 1.73. The number of rotatable bonds is 5. The van der Waals surface area contributed by atoms with Gasteiger partial charge in [0.15, 0.2) is 0 Å². The van der Waals surface area contributed by atoms with Crippen molar-refractivity contribution in [2.24, 2.45) is 5.92 Å². The van der Waals surface area contributed by atoms with Crippen LogP contribution in [-0.4, -0.2) is 26.8 Å². The molecule has 116 valence electrons. The average Bonchev–Trinajstić information content (AvgIpc) is 2.83. The van der Waals surface area contributed by atoms with E-state index in [0.29, 0.717) is 11.6 Å². The largest absolute Gasteiger partial charge is 0.378 e. The summed E-state index contributed by atoms with van der Waals surface area (Å²) in [5.41, 5.74) is 0.668. The summed E-state index contributed by atoms with van der Waals surface area (Å²) in [5.74, 6) is 1.86. The number of anilines is 1. The van der Waals surface area contributed by atoms with Gasteiger partial charge in [-0.1, -0.05) is 6.42 Å². The Hall–Kier alpha value is -0.490. The van der Waals surface area contributed by atoms with E-state index in [-0.39, 0.29) is 10.3 Å². The summed E-state index contributed by atoms with van der Waals surface area (Å²) in [6, 6.07) is 0. The highest BCUT2D eigenvalue weighted by Crippen LogP contribution is 2.37. The molecule has 0 aromatic carbocycles. The molecule has 21 heavy (non-hydrogen) atoms. The second-order valence-electron chi connectivity index (χ2n) is 6.41. The van der Waals surface area contributed by atoms with E-state index in [9.17, 15) is 4.79 Å². The van der Waals surface area contributed by atoms with Gasteiger partial charge in [0.2, 0.25) is 0 Å². The lowest BCUT2D eigenvalue weighted by Gasteiger charge is -2.26. The number of hydrogen-bond acceptors (Lipinski definition) is 4. The maximum Gasteiger partial charge on any atom is 0.291 e.